The molecule has 0 aliphatic rings. The highest BCUT2D eigenvalue weighted by Crippen LogP contribution is 2.28. The number of thiophene rings is 1. The van der Waals surface area contributed by atoms with Crippen LogP contribution in [0, 0.1) is 0 Å². The number of aldehydes is 1. The SMILES string of the molecule is CCOc1cc(C=O)ccc1OCC(=O)N(C)Cc1cccs1. The van der Waals surface area contributed by atoms with Crippen molar-refractivity contribution < 1.29 is 19.1 Å². The van der Waals surface area contributed by atoms with Crippen molar-refractivity contribution in [1.82, 2.24) is 4.90 Å². The molecule has 2 aromatic rings. The molecular weight excluding hydrogens is 314 g/mol. The van der Waals surface area contributed by atoms with E-state index in [9.17, 15) is 9.59 Å². The molecule has 0 saturated heterocycles. The van der Waals surface area contributed by atoms with E-state index in [0.717, 1.165) is 11.2 Å². The van der Waals surface area contributed by atoms with Gasteiger partial charge >= 0.3 is 0 Å². The van der Waals surface area contributed by atoms with Gasteiger partial charge in [-0.25, -0.2) is 0 Å². The van der Waals surface area contributed by atoms with Crippen LogP contribution in [0.5, 0.6) is 11.5 Å². The van der Waals surface area contributed by atoms with Gasteiger partial charge < -0.3 is 14.4 Å². The molecule has 1 amide bonds. The Labute approximate surface area is 139 Å². The van der Waals surface area contributed by atoms with E-state index in [1.807, 2.05) is 24.4 Å². The van der Waals surface area contributed by atoms with E-state index in [1.54, 1.807) is 41.5 Å². The minimum atomic E-state index is -0.125. The van der Waals surface area contributed by atoms with Gasteiger partial charge in [0.15, 0.2) is 18.1 Å². The van der Waals surface area contributed by atoms with Crippen LogP contribution >= 0.6 is 11.3 Å². The van der Waals surface area contributed by atoms with Crippen LogP contribution in [0.2, 0.25) is 0 Å². The maximum atomic E-state index is 12.1. The third-order valence-corrected chi connectivity index (χ3v) is 4.01. The highest BCUT2D eigenvalue weighted by Gasteiger charge is 2.13. The van der Waals surface area contributed by atoms with Crippen LogP contribution in [0.1, 0.15) is 22.2 Å². The lowest BCUT2D eigenvalue weighted by atomic mass is 10.2. The Bertz CT molecular complexity index is 655. The third-order valence-electron chi connectivity index (χ3n) is 3.15. The van der Waals surface area contributed by atoms with E-state index in [2.05, 4.69) is 0 Å². The summed E-state index contributed by atoms with van der Waals surface area (Å²) < 4.78 is 11.0. The molecule has 0 fully saturated rings. The molecule has 0 atom stereocenters. The van der Waals surface area contributed by atoms with Gasteiger partial charge in [0, 0.05) is 17.5 Å². The Kier molecular flexibility index (Phi) is 6.17. The van der Waals surface area contributed by atoms with Crippen LogP contribution < -0.4 is 9.47 Å². The summed E-state index contributed by atoms with van der Waals surface area (Å²) >= 11 is 1.61. The van der Waals surface area contributed by atoms with E-state index in [0.29, 0.717) is 30.2 Å². The normalized spacial score (nSPS) is 10.2. The van der Waals surface area contributed by atoms with E-state index in [4.69, 9.17) is 9.47 Å². The molecule has 0 saturated carbocycles. The predicted molar refractivity (Wildman–Crippen MR) is 89.3 cm³/mol. The van der Waals surface area contributed by atoms with Crippen molar-refractivity contribution in [2.45, 2.75) is 13.5 Å². The summed E-state index contributed by atoms with van der Waals surface area (Å²) in [5, 5.41) is 1.98. The van der Waals surface area contributed by atoms with E-state index in [-0.39, 0.29) is 12.5 Å². The maximum absolute atomic E-state index is 12.1. The van der Waals surface area contributed by atoms with Crippen LogP contribution in [0.4, 0.5) is 0 Å². The molecule has 0 aliphatic carbocycles. The summed E-state index contributed by atoms with van der Waals surface area (Å²) in [6.45, 7) is 2.77. The van der Waals surface area contributed by atoms with Gasteiger partial charge in [-0.05, 0) is 36.6 Å². The van der Waals surface area contributed by atoms with Gasteiger partial charge in [-0.3, -0.25) is 9.59 Å². The molecule has 1 aromatic carbocycles. The number of likely N-dealkylation sites (N-methyl/N-ethyl adjacent to an activating group) is 1. The number of amides is 1. The van der Waals surface area contributed by atoms with Crippen LogP contribution in [0.15, 0.2) is 35.7 Å². The average molecular weight is 333 g/mol. The van der Waals surface area contributed by atoms with Crippen molar-refractivity contribution in [3.05, 3.63) is 46.2 Å². The molecule has 23 heavy (non-hydrogen) atoms. The van der Waals surface area contributed by atoms with E-state index < -0.39 is 0 Å². The number of nitrogens with zero attached hydrogens (tertiary/aromatic N) is 1. The molecule has 0 N–H and O–H groups in total. The summed E-state index contributed by atoms with van der Waals surface area (Å²) in [5.41, 5.74) is 0.502. The van der Waals surface area contributed by atoms with Crippen molar-refractivity contribution in [3.8, 4) is 11.5 Å². The number of carbonyl (C=O) groups excluding carboxylic acids is 2. The predicted octanol–water partition coefficient (Wildman–Crippen LogP) is 3.00. The van der Waals surface area contributed by atoms with Crippen molar-refractivity contribution in [2.75, 3.05) is 20.3 Å². The van der Waals surface area contributed by atoms with Crippen LogP contribution in [-0.2, 0) is 11.3 Å². The lowest BCUT2D eigenvalue weighted by Gasteiger charge is -2.17. The first-order chi connectivity index (χ1) is 11.1. The van der Waals surface area contributed by atoms with Crippen molar-refractivity contribution in [1.29, 1.82) is 0 Å². The summed E-state index contributed by atoms with van der Waals surface area (Å²) in [7, 11) is 1.74. The molecule has 0 radical (unpaired) electrons. The smallest absolute Gasteiger partial charge is 0.260 e. The Morgan fingerprint density at radius 1 is 1.26 bits per heavy atom. The Morgan fingerprint density at radius 3 is 2.74 bits per heavy atom. The molecule has 0 aliphatic heterocycles. The Hall–Kier alpha value is -2.34. The molecule has 6 heteroatoms. The fraction of sp³-hybridized carbons (Fsp3) is 0.294. The number of carbonyl (C=O) groups is 2. The van der Waals surface area contributed by atoms with Crippen LogP contribution in [-0.4, -0.2) is 37.4 Å². The Balaban J connectivity index is 1.96. The fourth-order valence-corrected chi connectivity index (χ4v) is 2.72. The average Bonchev–Trinajstić information content (AvgIpc) is 3.06. The maximum Gasteiger partial charge on any atom is 0.260 e. The zero-order valence-electron chi connectivity index (χ0n) is 13.2. The van der Waals surface area contributed by atoms with Crippen molar-refractivity contribution in [2.24, 2.45) is 0 Å². The molecular formula is C17H19NO4S. The monoisotopic (exact) mass is 333 g/mol. The lowest BCUT2D eigenvalue weighted by Crippen LogP contribution is -2.30. The Morgan fingerprint density at radius 2 is 2.09 bits per heavy atom. The first-order valence-electron chi connectivity index (χ1n) is 7.25. The summed E-state index contributed by atoms with van der Waals surface area (Å²) in [6.07, 6.45) is 0.742. The van der Waals surface area contributed by atoms with Gasteiger partial charge in [-0.2, -0.15) is 0 Å². The number of ether oxygens (including phenoxy) is 2. The van der Waals surface area contributed by atoms with Gasteiger partial charge in [0.05, 0.1) is 13.2 Å². The van der Waals surface area contributed by atoms with Gasteiger partial charge in [0.2, 0.25) is 0 Å². The van der Waals surface area contributed by atoms with Gasteiger partial charge in [-0.15, -0.1) is 11.3 Å². The number of hydrogen-bond donors (Lipinski definition) is 0. The molecule has 5 nitrogen and oxygen atoms in total. The largest absolute Gasteiger partial charge is 0.490 e. The van der Waals surface area contributed by atoms with Crippen molar-refractivity contribution >= 4 is 23.5 Å². The standard InChI is InChI=1S/C17H19NO4S/c1-3-21-16-9-13(11-19)6-7-15(16)22-12-17(20)18(2)10-14-5-4-8-23-14/h4-9,11H,3,10,12H2,1-2H3. The van der Waals surface area contributed by atoms with Gasteiger partial charge in [-0.1, -0.05) is 6.07 Å². The summed E-state index contributed by atoms with van der Waals surface area (Å²) in [5.74, 6) is 0.793. The summed E-state index contributed by atoms with van der Waals surface area (Å²) in [6, 6.07) is 8.82. The fourth-order valence-electron chi connectivity index (χ4n) is 1.96. The molecule has 0 bridgehead atoms. The zero-order valence-corrected chi connectivity index (χ0v) is 14.0. The van der Waals surface area contributed by atoms with Gasteiger partial charge in [0.1, 0.15) is 6.29 Å². The number of hydrogen-bond acceptors (Lipinski definition) is 5. The van der Waals surface area contributed by atoms with E-state index in [1.165, 1.54) is 0 Å². The number of rotatable bonds is 8. The van der Waals surface area contributed by atoms with E-state index >= 15 is 0 Å². The molecule has 1 aromatic heterocycles. The molecule has 1 heterocycles. The third kappa shape index (κ3) is 4.82. The highest BCUT2D eigenvalue weighted by molar-refractivity contribution is 7.09. The second-order valence-electron chi connectivity index (χ2n) is 4.87. The zero-order chi connectivity index (χ0) is 16.7. The topological polar surface area (TPSA) is 55.8 Å². The minimum Gasteiger partial charge on any atom is -0.490 e. The first kappa shape index (κ1) is 17.0. The second kappa shape index (κ2) is 8.33. The molecule has 0 unspecified atom stereocenters. The lowest BCUT2D eigenvalue weighted by molar-refractivity contribution is -0.132. The molecule has 2 rings (SSSR count). The first-order valence-corrected chi connectivity index (χ1v) is 8.13. The second-order valence-corrected chi connectivity index (χ2v) is 5.91. The highest BCUT2D eigenvalue weighted by atomic mass is 32.1. The number of benzene rings is 1. The molecule has 122 valence electrons. The quantitative estimate of drug-likeness (QED) is 0.697. The molecule has 0 spiro atoms. The summed E-state index contributed by atoms with van der Waals surface area (Å²) in [4.78, 5) is 25.7. The van der Waals surface area contributed by atoms with Crippen LogP contribution in [0.25, 0.3) is 0 Å². The van der Waals surface area contributed by atoms with Gasteiger partial charge in [0.25, 0.3) is 5.91 Å². The van der Waals surface area contributed by atoms with Crippen LogP contribution in [0.3, 0.4) is 0 Å². The van der Waals surface area contributed by atoms with Crippen molar-refractivity contribution in [3.63, 3.8) is 0 Å². The minimum absolute atomic E-state index is 0.0810.